The summed E-state index contributed by atoms with van der Waals surface area (Å²) in [4.78, 5) is 34.3. The lowest BCUT2D eigenvalue weighted by molar-refractivity contribution is -0.139. The third-order valence-corrected chi connectivity index (χ3v) is 5.21. The Bertz CT molecular complexity index is 1030. The molecule has 1 aromatic carbocycles. The molecule has 0 unspecified atom stereocenters. The Balaban J connectivity index is 1.85. The fourth-order valence-electron chi connectivity index (χ4n) is 2.29. The lowest BCUT2D eigenvalue weighted by atomic mass is 10.1. The van der Waals surface area contributed by atoms with Gasteiger partial charge in [-0.1, -0.05) is 23.7 Å². The molecule has 8 nitrogen and oxygen atoms in total. The maximum absolute atomic E-state index is 12.0. The number of thiophene rings is 1. The molecule has 3 N–H and O–H groups in total. The minimum absolute atomic E-state index is 0.0128. The van der Waals surface area contributed by atoms with Crippen LogP contribution in [0.5, 0.6) is 5.75 Å². The van der Waals surface area contributed by atoms with Gasteiger partial charge in [0, 0.05) is 5.69 Å². The van der Waals surface area contributed by atoms with E-state index in [0.29, 0.717) is 21.7 Å². The maximum Gasteiger partial charge on any atom is 0.349 e. The van der Waals surface area contributed by atoms with Crippen LogP contribution in [0.4, 0.5) is 5.69 Å². The number of carboxylic acid groups (broad SMARTS) is 2. The van der Waals surface area contributed by atoms with E-state index in [4.69, 9.17) is 25.9 Å². The van der Waals surface area contributed by atoms with E-state index in [1.807, 2.05) is 0 Å². The van der Waals surface area contributed by atoms with Crippen molar-refractivity contribution in [3.05, 3.63) is 58.3 Å². The number of aliphatic carboxylic acids is 1. The van der Waals surface area contributed by atoms with Crippen LogP contribution in [-0.2, 0) is 4.79 Å². The van der Waals surface area contributed by atoms with Crippen LogP contribution in [0.2, 0.25) is 5.02 Å². The van der Waals surface area contributed by atoms with Gasteiger partial charge in [-0.2, -0.15) is 0 Å². The highest BCUT2D eigenvalue weighted by atomic mass is 35.5. The van der Waals surface area contributed by atoms with Gasteiger partial charge in [-0.05, 0) is 23.8 Å². The number of furan rings is 1. The zero-order valence-corrected chi connectivity index (χ0v) is 15.5. The van der Waals surface area contributed by atoms with Crippen LogP contribution in [-0.4, -0.2) is 34.7 Å². The number of hydrogen-bond donors (Lipinski definition) is 3. The molecule has 144 valence electrons. The summed E-state index contributed by atoms with van der Waals surface area (Å²) in [6.45, 7) is -0.713. The Labute approximate surface area is 166 Å². The quantitative estimate of drug-likeness (QED) is 0.524. The Morgan fingerprint density at radius 3 is 2.43 bits per heavy atom. The number of ether oxygens (including phenoxy) is 1. The second kappa shape index (κ2) is 8.15. The van der Waals surface area contributed by atoms with E-state index in [1.54, 1.807) is 24.3 Å². The summed E-state index contributed by atoms with van der Waals surface area (Å²) in [5, 5.41) is 20.8. The number of carbonyl (C=O) groups excluding carboxylic acids is 1. The molecule has 3 rings (SSSR count). The van der Waals surface area contributed by atoms with Crippen LogP contribution in [0.3, 0.4) is 0 Å². The summed E-state index contributed by atoms with van der Waals surface area (Å²) in [5.74, 6) is -3.05. The number of carboxylic acids is 2. The number of carbonyl (C=O) groups is 3. The molecule has 0 aliphatic heterocycles. The molecule has 28 heavy (non-hydrogen) atoms. The minimum atomic E-state index is -1.28. The number of aromatic carboxylic acids is 1. The standard InChI is InChI=1S/C18H12ClNO7S/c19-13-14(27-8-12(21)22)16(18(24)25)28-15(13)9-1-3-11(4-2-9)20-17(23)10-5-6-26-7-10/h1-7H,8H2,(H,20,23)(H,21,22)(H,24,25). The topological polar surface area (TPSA) is 126 Å². The number of nitrogens with one attached hydrogen (secondary N) is 1. The molecule has 0 aliphatic carbocycles. The van der Waals surface area contributed by atoms with Gasteiger partial charge in [-0.15, -0.1) is 11.3 Å². The van der Waals surface area contributed by atoms with Gasteiger partial charge in [0.15, 0.2) is 17.2 Å². The first-order chi connectivity index (χ1) is 13.4. The molecule has 1 amide bonds. The first kappa shape index (κ1) is 19.5. The molecular formula is C18H12ClNO7S. The molecular weight excluding hydrogens is 410 g/mol. The third-order valence-electron chi connectivity index (χ3n) is 3.53. The molecule has 0 fully saturated rings. The highest BCUT2D eigenvalue weighted by molar-refractivity contribution is 7.18. The Morgan fingerprint density at radius 1 is 1.14 bits per heavy atom. The molecule has 0 spiro atoms. The Hall–Kier alpha value is -3.30. The molecule has 0 saturated heterocycles. The highest BCUT2D eigenvalue weighted by Gasteiger charge is 2.24. The van der Waals surface area contributed by atoms with Crippen molar-refractivity contribution >= 4 is 46.5 Å². The second-order valence-corrected chi connectivity index (χ2v) is 6.83. The molecule has 10 heteroatoms. The number of rotatable bonds is 7. The fraction of sp³-hybridized carbons (Fsp3) is 0.0556. The van der Waals surface area contributed by atoms with E-state index in [-0.39, 0.29) is 21.6 Å². The molecule has 0 saturated carbocycles. The lowest BCUT2D eigenvalue weighted by Gasteiger charge is -2.05. The molecule has 0 radical (unpaired) electrons. The van der Waals surface area contributed by atoms with E-state index < -0.39 is 18.5 Å². The summed E-state index contributed by atoms with van der Waals surface area (Å²) in [5.41, 5.74) is 1.48. The van der Waals surface area contributed by atoms with Crippen LogP contribution >= 0.6 is 22.9 Å². The smallest absolute Gasteiger partial charge is 0.349 e. The Morgan fingerprint density at radius 2 is 1.86 bits per heavy atom. The fourth-order valence-corrected chi connectivity index (χ4v) is 3.70. The summed E-state index contributed by atoms with van der Waals surface area (Å²) < 4.78 is 9.90. The second-order valence-electron chi connectivity index (χ2n) is 5.43. The summed E-state index contributed by atoms with van der Waals surface area (Å²) >= 11 is 7.10. The van der Waals surface area contributed by atoms with Gasteiger partial charge in [-0.25, -0.2) is 9.59 Å². The normalized spacial score (nSPS) is 10.5. The predicted octanol–water partition coefficient (Wildman–Crippen LogP) is 4.08. The van der Waals surface area contributed by atoms with E-state index >= 15 is 0 Å². The largest absolute Gasteiger partial charge is 0.479 e. The number of benzene rings is 1. The zero-order valence-electron chi connectivity index (χ0n) is 14.0. The zero-order chi connectivity index (χ0) is 20.3. The molecule has 2 heterocycles. The van der Waals surface area contributed by atoms with Gasteiger partial charge in [0.25, 0.3) is 5.91 Å². The molecule has 0 bridgehead atoms. The average molecular weight is 422 g/mol. The molecule has 3 aromatic rings. The van der Waals surface area contributed by atoms with Crippen LogP contribution in [0.15, 0.2) is 47.3 Å². The van der Waals surface area contributed by atoms with Crippen molar-refractivity contribution in [2.45, 2.75) is 0 Å². The number of halogens is 1. The predicted molar refractivity (Wildman–Crippen MR) is 102 cm³/mol. The first-order valence-corrected chi connectivity index (χ1v) is 8.90. The monoisotopic (exact) mass is 421 g/mol. The van der Waals surface area contributed by atoms with E-state index in [2.05, 4.69) is 5.32 Å². The third kappa shape index (κ3) is 4.16. The van der Waals surface area contributed by atoms with Gasteiger partial charge in [0.1, 0.15) is 11.3 Å². The summed E-state index contributed by atoms with van der Waals surface area (Å²) in [6, 6.07) is 8.08. The molecule has 0 atom stereocenters. The van der Waals surface area contributed by atoms with Gasteiger partial charge < -0.3 is 24.7 Å². The van der Waals surface area contributed by atoms with Crippen molar-refractivity contribution < 1.29 is 33.8 Å². The van der Waals surface area contributed by atoms with Crippen molar-refractivity contribution in [3.8, 4) is 16.2 Å². The number of amides is 1. The van der Waals surface area contributed by atoms with Gasteiger partial charge >= 0.3 is 11.9 Å². The van der Waals surface area contributed by atoms with Gasteiger partial charge in [-0.3, -0.25) is 4.79 Å². The SMILES string of the molecule is O=C(O)COc1c(C(=O)O)sc(-c2ccc(NC(=O)c3ccoc3)cc2)c1Cl. The molecule has 0 aliphatic rings. The molecule has 2 aromatic heterocycles. The Kier molecular flexibility index (Phi) is 5.67. The van der Waals surface area contributed by atoms with Crippen molar-refractivity contribution in [2.24, 2.45) is 0 Å². The van der Waals surface area contributed by atoms with Gasteiger partial charge in [0.05, 0.1) is 16.7 Å². The average Bonchev–Trinajstić information content (AvgIpc) is 3.29. The van der Waals surface area contributed by atoms with E-state index in [9.17, 15) is 19.5 Å². The summed E-state index contributed by atoms with van der Waals surface area (Å²) in [7, 11) is 0. The van der Waals surface area contributed by atoms with Crippen molar-refractivity contribution in [3.63, 3.8) is 0 Å². The number of hydrogen-bond acceptors (Lipinski definition) is 6. The van der Waals surface area contributed by atoms with E-state index in [1.165, 1.54) is 18.6 Å². The summed E-state index contributed by atoms with van der Waals surface area (Å²) in [6.07, 6.45) is 2.71. The van der Waals surface area contributed by atoms with Crippen molar-refractivity contribution in [1.82, 2.24) is 0 Å². The lowest BCUT2D eigenvalue weighted by Crippen LogP contribution is -2.11. The van der Waals surface area contributed by atoms with Gasteiger partial charge in [0.2, 0.25) is 0 Å². The van der Waals surface area contributed by atoms with Crippen LogP contribution < -0.4 is 10.1 Å². The minimum Gasteiger partial charge on any atom is -0.479 e. The van der Waals surface area contributed by atoms with Crippen LogP contribution in [0, 0.1) is 0 Å². The van der Waals surface area contributed by atoms with E-state index in [0.717, 1.165) is 11.3 Å². The maximum atomic E-state index is 12.0. The van der Waals surface area contributed by atoms with Crippen molar-refractivity contribution in [1.29, 1.82) is 0 Å². The number of anilines is 1. The van der Waals surface area contributed by atoms with Crippen LogP contribution in [0.1, 0.15) is 20.0 Å². The van der Waals surface area contributed by atoms with Crippen LogP contribution in [0.25, 0.3) is 10.4 Å². The first-order valence-electron chi connectivity index (χ1n) is 7.71. The van der Waals surface area contributed by atoms with Crippen molar-refractivity contribution in [2.75, 3.05) is 11.9 Å². The highest BCUT2D eigenvalue weighted by Crippen LogP contribution is 2.45.